The minimum atomic E-state index is -1.55. The Kier molecular flexibility index (Phi) is 3.47. The van der Waals surface area contributed by atoms with Crippen molar-refractivity contribution in [1.82, 2.24) is 0 Å². The summed E-state index contributed by atoms with van der Waals surface area (Å²) < 4.78 is 5.39. The molecule has 0 spiro atoms. The molecule has 1 aliphatic carbocycles. The first-order valence-corrected chi connectivity index (χ1v) is 5.55. The summed E-state index contributed by atoms with van der Waals surface area (Å²) in [7, 11) is -0.0565. The second-order valence-corrected chi connectivity index (χ2v) is 4.05. The predicted octanol–water partition coefficient (Wildman–Crippen LogP) is 1.43. The second kappa shape index (κ2) is 4.88. The van der Waals surface area contributed by atoms with Crippen molar-refractivity contribution in [2.75, 3.05) is 7.11 Å². The number of methoxy groups -OCH3 is 1. The van der Waals surface area contributed by atoms with E-state index in [1.165, 1.54) is 7.11 Å². The largest absolute Gasteiger partial charge is 0.491 e. The van der Waals surface area contributed by atoms with Gasteiger partial charge in [-0.3, -0.25) is 0 Å². The van der Waals surface area contributed by atoms with E-state index in [1.54, 1.807) is 0 Å². The summed E-state index contributed by atoms with van der Waals surface area (Å²) in [4.78, 5) is 0. The van der Waals surface area contributed by atoms with Gasteiger partial charge in [0.05, 0.1) is 0 Å². The van der Waals surface area contributed by atoms with E-state index >= 15 is 0 Å². The summed E-state index contributed by atoms with van der Waals surface area (Å²) in [6.45, 7) is 0. The topological polar surface area (TPSA) is 49.7 Å². The first kappa shape index (κ1) is 12.1. The van der Waals surface area contributed by atoms with Gasteiger partial charge in [-0.15, -0.1) is 0 Å². The molecule has 0 bridgehead atoms. The molecule has 0 radical (unpaired) electrons. The highest BCUT2D eigenvalue weighted by Crippen LogP contribution is 2.36. The molecule has 1 aliphatic rings. The lowest BCUT2D eigenvalue weighted by Crippen LogP contribution is -2.49. The molecule has 0 aliphatic heterocycles. The zero-order valence-corrected chi connectivity index (χ0v) is 9.71. The Labute approximate surface area is 101 Å². The lowest BCUT2D eigenvalue weighted by atomic mass is 9.59. The van der Waals surface area contributed by atoms with Gasteiger partial charge in [-0.1, -0.05) is 48.6 Å². The zero-order chi connectivity index (χ0) is 12.3. The molecule has 1 atom stereocenters. The molecule has 0 aromatic heterocycles. The summed E-state index contributed by atoms with van der Waals surface area (Å²) in [5.74, 6) is 0. The second-order valence-electron chi connectivity index (χ2n) is 4.05. The molecule has 0 amide bonds. The quantitative estimate of drug-likeness (QED) is 0.772. The van der Waals surface area contributed by atoms with Gasteiger partial charge in [-0.05, 0) is 17.6 Å². The van der Waals surface area contributed by atoms with Gasteiger partial charge in [0, 0.05) is 7.11 Å². The van der Waals surface area contributed by atoms with E-state index in [4.69, 9.17) is 4.74 Å². The van der Waals surface area contributed by atoms with Crippen LogP contribution in [0.5, 0.6) is 0 Å². The SMILES string of the molecule is COC1(B(O)O)CC=CC=C1c1ccccc1. The van der Waals surface area contributed by atoms with Crippen molar-refractivity contribution in [3.63, 3.8) is 0 Å². The van der Waals surface area contributed by atoms with Crippen LogP contribution in [0.3, 0.4) is 0 Å². The Morgan fingerprint density at radius 2 is 1.94 bits per heavy atom. The Balaban J connectivity index is 2.48. The number of hydrogen-bond acceptors (Lipinski definition) is 3. The van der Waals surface area contributed by atoms with Crippen molar-refractivity contribution in [2.45, 2.75) is 11.9 Å². The molecule has 2 N–H and O–H groups in total. The average Bonchev–Trinajstić information content (AvgIpc) is 2.39. The molecule has 88 valence electrons. The van der Waals surface area contributed by atoms with Gasteiger partial charge in [-0.25, -0.2) is 0 Å². The van der Waals surface area contributed by atoms with Crippen molar-refractivity contribution >= 4 is 12.7 Å². The van der Waals surface area contributed by atoms with Crippen LogP contribution in [0.25, 0.3) is 5.57 Å². The molecule has 1 aromatic rings. The summed E-state index contributed by atoms with van der Waals surface area (Å²) in [5, 5.41) is 19.2. The van der Waals surface area contributed by atoms with Crippen LogP contribution in [0.1, 0.15) is 12.0 Å². The minimum absolute atomic E-state index is 0.446. The van der Waals surface area contributed by atoms with Crippen LogP contribution in [0.2, 0.25) is 0 Å². The van der Waals surface area contributed by atoms with Crippen molar-refractivity contribution < 1.29 is 14.8 Å². The van der Waals surface area contributed by atoms with Crippen LogP contribution in [0.15, 0.2) is 48.6 Å². The maximum atomic E-state index is 9.62. The Morgan fingerprint density at radius 1 is 1.24 bits per heavy atom. The number of ether oxygens (including phenoxy) is 1. The van der Waals surface area contributed by atoms with Crippen LogP contribution < -0.4 is 0 Å². The molecule has 0 saturated heterocycles. The van der Waals surface area contributed by atoms with E-state index in [1.807, 2.05) is 48.6 Å². The van der Waals surface area contributed by atoms with Crippen LogP contribution in [0.4, 0.5) is 0 Å². The fourth-order valence-electron chi connectivity index (χ4n) is 2.16. The van der Waals surface area contributed by atoms with Gasteiger partial charge < -0.3 is 14.8 Å². The number of hydrogen-bond donors (Lipinski definition) is 2. The lowest BCUT2D eigenvalue weighted by molar-refractivity contribution is 0.0780. The Hall–Kier alpha value is -1.36. The lowest BCUT2D eigenvalue weighted by Gasteiger charge is -2.35. The summed E-state index contributed by atoms with van der Waals surface area (Å²) >= 11 is 0. The van der Waals surface area contributed by atoms with E-state index in [-0.39, 0.29) is 0 Å². The predicted molar refractivity (Wildman–Crippen MR) is 68.1 cm³/mol. The third-order valence-corrected chi connectivity index (χ3v) is 3.14. The third kappa shape index (κ3) is 2.07. The number of benzene rings is 1. The molecule has 4 heteroatoms. The van der Waals surface area contributed by atoms with Gasteiger partial charge in [0.25, 0.3) is 0 Å². The van der Waals surface area contributed by atoms with Crippen molar-refractivity contribution in [2.24, 2.45) is 0 Å². The molecule has 17 heavy (non-hydrogen) atoms. The van der Waals surface area contributed by atoms with Crippen LogP contribution in [-0.4, -0.2) is 29.8 Å². The van der Waals surface area contributed by atoms with Crippen molar-refractivity contribution in [3.8, 4) is 0 Å². The first-order valence-electron chi connectivity index (χ1n) is 5.55. The standard InChI is InChI=1S/C13H15BO3/c1-17-13(14(15)16)10-6-5-9-12(13)11-7-3-2-4-8-11/h2-9,15-16H,10H2,1H3. The van der Waals surface area contributed by atoms with Crippen LogP contribution >= 0.6 is 0 Å². The molecule has 2 rings (SSSR count). The molecular weight excluding hydrogens is 215 g/mol. The maximum absolute atomic E-state index is 9.62. The van der Waals surface area contributed by atoms with Crippen LogP contribution in [0, 0.1) is 0 Å². The molecule has 0 heterocycles. The van der Waals surface area contributed by atoms with Crippen molar-refractivity contribution in [3.05, 3.63) is 54.1 Å². The van der Waals surface area contributed by atoms with Crippen molar-refractivity contribution in [1.29, 1.82) is 0 Å². The Morgan fingerprint density at radius 3 is 2.53 bits per heavy atom. The molecule has 0 fully saturated rings. The van der Waals surface area contributed by atoms with E-state index in [0.717, 1.165) is 11.1 Å². The summed E-state index contributed by atoms with van der Waals surface area (Å²) in [6.07, 6.45) is 6.08. The zero-order valence-electron chi connectivity index (χ0n) is 9.71. The smallest absolute Gasteiger partial charge is 0.425 e. The molecule has 3 nitrogen and oxygen atoms in total. The van der Waals surface area contributed by atoms with E-state index < -0.39 is 12.6 Å². The molecule has 1 unspecified atom stereocenters. The fraction of sp³-hybridized carbons (Fsp3) is 0.231. The van der Waals surface area contributed by atoms with Gasteiger partial charge >= 0.3 is 7.12 Å². The van der Waals surface area contributed by atoms with E-state index in [2.05, 4.69) is 0 Å². The number of allylic oxidation sites excluding steroid dienone is 2. The molecular formula is C13H15BO3. The van der Waals surface area contributed by atoms with Gasteiger partial charge in [0.15, 0.2) is 0 Å². The van der Waals surface area contributed by atoms with Crippen LogP contribution in [-0.2, 0) is 4.74 Å². The fourth-order valence-corrected chi connectivity index (χ4v) is 2.16. The maximum Gasteiger partial charge on any atom is 0.491 e. The summed E-state index contributed by atoms with van der Waals surface area (Å²) in [5.41, 5.74) is 0.653. The van der Waals surface area contributed by atoms with Gasteiger partial charge in [0.2, 0.25) is 0 Å². The Bertz CT molecular complexity index is 439. The average molecular weight is 230 g/mol. The number of rotatable bonds is 3. The highest BCUT2D eigenvalue weighted by Gasteiger charge is 2.46. The first-order chi connectivity index (χ1) is 8.20. The molecule has 0 saturated carbocycles. The normalized spacial score (nSPS) is 23.4. The van der Waals surface area contributed by atoms with Gasteiger partial charge in [0.1, 0.15) is 5.50 Å². The monoisotopic (exact) mass is 230 g/mol. The summed E-state index contributed by atoms with van der Waals surface area (Å²) in [6, 6.07) is 9.62. The highest BCUT2D eigenvalue weighted by atomic mass is 16.5. The van der Waals surface area contributed by atoms with E-state index in [9.17, 15) is 10.0 Å². The highest BCUT2D eigenvalue weighted by molar-refractivity contribution is 6.49. The minimum Gasteiger partial charge on any atom is -0.425 e. The third-order valence-electron chi connectivity index (χ3n) is 3.14. The van der Waals surface area contributed by atoms with E-state index in [0.29, 0.717) is 6.42 Å². The van der Waals surface area contributed by atoms with Gasteiger partial charge in [-0.2, -0.15) is 0 Å². The molecule has 1 aromatic carbocycles.